The average molecular weight is 385 g/mol. The third-order valence-electron chi connectivity index (χ3n) is 2.69. The molecule has 0 heterocycles. The van der Waals surface area contributed by atoms with Gasteiger partial charge in [0.15, 0.2) is 0 Å². The van der Waals surface area contributed by atoms with Crippen LogP contribution < -0.4 is 9.88 Å². The lowest BCUT2D eigenvalue weighted by molar-refractivity contribution is -0.386. The molecule has 1 aromatic rings. The standard InChI is InChI=1S/C11H14BrFN2O5S/c1-2-7(6-21(14,18)19)5-20-11-9(12)3-8(13)4-10(11)15(16)17/h3-4,7H,2,5-6H2,1H3,(H2,14,18,19). The Morgan fingerprint density at radius 1 is 1.52 bits per heavy atom. The number of hydrogen-bond donors (Lipinski definition) is 1. The molecule has 0 aromatic heterocycles. The van der Waals surface area contributed by atoms with Crippen LogP contribution in [0.4, 0.5) is 10.1 Å². The Morgan fingerprint density at radius 3 is 2.62 bits per heavy atom. The SMILES string of the molecule is CCC(COc1c(Br)cc(F)cc1[N+](=O)[O-])CS(N)(=O)=O. The van der Waals surface area contributed by atoms with Gasteiger partial charge in [0, 0.05) is 5.92 Å². The van der Waals surface area contributed by atoms with Crippen LogP contribution in [0.3, 0.4) is 0 Å². The second-order valence-electron chi connectivity index (χ2n) is 4.41. The quantitative estimate of drug-likeness (QED) is 0.571. The lowest BCUT2D eigenvalue weighted by Crippen LogP contribution is -2.26. The number of halogens is 2. The molecule has 1 aromatic carbocycles. The molecule has 0 saturated heterocycles. The van der Waals surface area contributed by atoms with Crippen molar-refractivity contribution in [3.8, 4) is 5.75 Å². The summed E-state index contributed by atoms with van der Waals surface area (Å²) >= 11 is 2.99. The Labute approximate surface area is 129 Å². The highest BCUT2D eigenvalue weighted by Crippen LogP contribution is 2.36. The van der Waals surface area contributed by atoms with E-state index < -0.39 is 32.4 Å². The van der Waals surface area contributed by atoms with E-state index in [2.05, 4.69) is 15.9 Å². The molecule has 0 aliphatic heterocycles. The van der Waals surface area contributed by atoms with Crippen molar-refractivity contribution < 1.29 is 22.5 Å². The fourth-order valence-corrected chi connectivity index (χ4v) is 3.16. The van der Waals surface area contributed by atoms with Gasteiger partial charge in [0.05, 0.1) is 27.8 Å². The minimum Gasteiger partial charge on any atom is -0.486 e. The highest BCUT2D eigenvalue weighted by atomic mass is 79.9. The minimum atomic E-state index is -3.67. The van der Waals surface area contributed by atoms with Crippen LogP contribution in [0, 0.1) is 21.8 Å². The summed E-state index contributed by atoms with van der Waals surface area (Å²) in [6.07, 6.45) is 0.461. The van der Waals surface area contributed by atoms with Gasteiger partial charge in [-0.3, -0.25) is 10.1 Å². The maximum Gasteiger partial charge on any atom is 0.315 e. The molecule has 0 radical (unpaired) electrons. The molecule has 10 heteroatoms. The van der Waals surface area contributed by atoms with Gasteiger partial charge in [0.2, 0.25) is 15.8 Å². The van der Waals surface area contributed by atoms with Gasteiger partial charge in [0.1, 0.15) is 5.82 Å². The van der Waals surface area contributed by atoms with Gasteiger partial charge in [-0.15, -0.1) is 0 Å². The van der Waals surface area contributed by atoms with E-state index in [0.717, 1.165) is 12.1 Å². The Kier molecular flexibility index (Phi) is 6.05. The lowest BCUT2D eigenvalue weighted by Gasteiger charge is -2.15. The van der Waals surface area contributed by atoms with E-state index in [1.165, 1.54) is 0 Å². The molecule has 21 heavy (non-hydrogen) atoms. The van der Waals surface area contributed by atoms with E-state index in [9.17, 15) is 22.9 Å². The third-order valence-corrected chi connectivity index (χ3v) is 4.22. The van der Waals surface area contributed by atoms with Crippen molar-refractivity contribution in [1.29, 1.82) is 0 Å². The minimum absolute atomic E-state index is 0.0830. The van der Waals surface area contributed by atoms with Crippen LogP contribution in [0.2, 0.25) is 0 Å². The Balaban J connectivity index is 2.95. The van der Waals surface area contributed by atoms with Gasteiger partial charge in [-0.25, -0.2) is 17.9 Å². The van der Waals surface area contributed by atoms with Crippen molar-refractivity contribution >= 4 is 31.6 Å². The zero-order chi connectivity index (χ0) is 16.2. The summed E-state index contributed by atoms with van der Waals surface area (Å²) in [5.74, 6) is -1.64. The summed E-state index contributed by atoms with van der Waals surface area (Å²) in [5, 5.41) is 15.8. The molecule has 0 aliphatic rings. The van der Waals surface area contributed by atoms with E-state index in [0.29, 0.717) is 6.42 Å². The summed E-state index contributed by atoms with van der Waals surface area (Å²) in [6.45, 7) is 1.66. The van der Waals surface area contributed by atoms with Crippen LogP contribution in [0.5, 0.6) is 5.75 Å². The molecule has 118 valence electrons. The number of nitrogens with zero attached hydrogens (tertiary/aromatic N) is 1. The van der Waals surface area contributed by atoms with Crippen LogP contribution in [-0.2, 0) is 10.0 Å². The maximum atomic E-state index is 13.2. The predicted molar refractivity (Wildman–Crippen MR) is 78.0 cm³/mol. The second-order valence-corrected chi connectivity index (χ2v) is 6.92. The van der Waals surface area contributed by atoms with E-state index in [4.69, 9.17) is 9.88 Å². The van der Waals surface area contributed by atoms with Crippen LogP contribution in [-0.4, -0.2) is 25.7 Å². The molecule has 7 nitrogen and oxygen atoms in total. The van der Waals surface area contributed by atoms with Crippen molar-refractivity contribution in [3.63, 3.8) is 0 Å². The van der Waals surface area contributed by atoms with Crippen molar-refractivity contribution in [3.05, 3.63) is 32.5 Å². The fraction of sp³-hybridized carbons (Fsp3) is 0.455. The number of primary sulfonamides is 1. The fourth-order valence-electron chi connectivity index (χ4n) is 1.64. The highest BCUT2D eigenvalue weighted by molar-refractivity contribution is 9.10. The second kappa shape index (κ2) is 7.14. The molecule has 1 rings (SSSR count). The first-order chi connectivity index (χ1) is 9.64. The van der Waals surface area contributed by atoms with Crippen LogP contribution in [0.1, 0.15) is 13.3 Å². The number of hydrogen-bond acceptors (Lipinski definition) is 5. The summed E-state index contributed by atoms with van der Waals surface area (Å²) in [5.41, 5.74) is -0.535. The number of nitrogens with two attached hydrogens (primary N) is 1. The Morgan fingerprint density at radius 2 is 2.14 bits per heavy atom. The molecule has 1 unspecified atom stereocenters. The number of nitro groups is 1. The van der Waals surface area contributed by atoms with Gasteiger partial charge < -0.3 is 4.74 Å². The smallest absolute Gasteiger partial charge is 0.315 e. The maximum absolute atomic E-state index is 13.2. The summed E-state index contributed by atoms with van der Waals surface area (Å²) in [7, 11) is -3.67. The van der Waals surface area contributed by atoms with Crippen LogP contribution in [0.25, 0.3) is 0 Å². The van der Waals surface area contributed by atoms with Gasteiger partial charge >= 0.3 is 5.69 Å². The molecule has 0 aliphatic carbocycles. The number of nitro benzene ring substituents is 1. The van der Waals surface area contributed by atoms with Gasteiger partial charge in [0.25, 0.3) is 0 Å². The molecule has 2 N–H and O–H groups in total. The third kappa shape index (κ3) is 5.56. The molecule has 0 amide bonds. The molecular weight excluding hydrogens is 371 g/mol. The topological polar surface area (TPSA) is 113 Å². The monoisotopic (exact) mass is 384 g/mol. The predicted octanol–water partition coefficient (Wildman–Crippen LogP) is 2.19. The normalized spacial score (nSPS) is 13.0. The average Bonchev–Trinajstić information content (AvgIpc) is 2.33. The number of benzene rings is 1. The number of rotatable bonds is 7. The number of sulfonamides is 1. The molecule has 0 saturated carbocycles. The van der Waals surface area contributed by atoms with Crippen LogP contribution >= 0.6 is 15.9 Å². The van der Waals surface area contributed by atoms with E-state index >= 15 is 0 Å². The molecule has 0 bridgehead atoms. The summed E-state index contributed by atoms with van der Waals surface area (Å²) in [6, 6.07) is 1.77. The molecule has 0 spiro atoms. The lowest BCUT2D eigenvalue weighted by atomic mass is 10.1. The number of ether oxygens (including phenoxy) is 1. The van der Waals surface area contributed by atoms with Gasteiger partial charge in [-0.05, 0) is 28.4 Å². The van der Waals surface area contributed by atoms with Gasteiger partial charge in [-0.2, -0.15) is 0 Å². The van der Waals surface area contributed by atoms with E-state index in [1.54, 1.807) is 6.92 Å². The summed E-state index contributed by atoms with van der Waals surface area (Å²) < 4.78 is 40.7. The largest absolute Gasteiger partial charge is 0.486 e. The van der Waals surface area contributed by atoms with Crippen molar-refractivity contribution in [2.75, 3.05) is 12.4 Å². The Hall–Kier alpha value is -1.26. The van der Waals surface area contributed by atoms with Crippen molar-refractivity contribution in [2.45, 2.75) is 13.3 Å². The van der Waals surface area contributed by atoms with Crippen LogP contribution in [0.15, 0.2) is 16.6 Å². The summed E-state index contributed by atoms with van der Waals surface area (Å²) in [4.78, 5) is 10.1. The van der Waals surface area contributed by atoms with Crippen molar-refractivity contribution in [1.82, 2.24) is 0 Å². The highest BCUT2D eigenvalue weighted by Gasteiger charge is 2.22. The van der Waals surface area contributed by atoms with E-state index in [1.807, 2.05) is 0 Å². The Bertz CT molecular complexity index is 638. The zero-order valence-corrected chi connectivity index (χ0v) is 13.5. The molecule has 0 fully saturated rings. The van der Waals surface area contributed by atoms with E-state index in [-0.39, 0.29) is 22.6 Å². The first kappa shape index (κ1) is 17.8. The zero-order valence-electron chi connectivity index (χ0n) is 11.1. The first-order valence-electron chi connectivity index (χ1n) is 5.90. The molecular formula is C11H14BrFN2O5S. The molecule has 1 atom stereocenters. The van der Waals surface area contributed by atoms with Crippen molar-refractivity contribution in [2.24, 2.45) is 11.1 Å². The first-order valence-corrected chi connectivity index (χ1v) is 8.41. The van der Waals surface area contributed by atoms with Gasteiger partial charge in [-0.1, -0.05) is 6.92 Å².